The minimum absolute atomic E-state index is 0.0292. The first-order chi connectivity index (χ1) is 16.3. The third-order valence-electron chi connectivity index (χ3n) is 7.62. The van der Waals surface area contributed by atoms with E-state index >= 15 is 0 Å². The van der Waals surface area contributed by atoms with Crippen molar-refractivity contribution in [3.63, 3.8) is 0 Å². The van der Waals surface area contributed by atoms with Gasteiger partial charge in [0, 0.05) is 0 Å². The second-order valence-corrected chi connectivity index (χ2v) is 11.7. The van der Waals surface area contributed by atoms with Gasteiger partial charge in [0.1, 0.15) is 12.1 Å². The predicted octanol–water partition coefficient (Wildman–Crippen LogP) is 2.75. The summed E-state index contributed by atoms with van der Waals surface area (Å²) < 4.78 is 0. The molecule has 2 unspecified atom stereocenters. The summed E-state index contributed by atoms with van der Waals surface area (Å²) in [5.41, 5.74) is 2.13. The maximum absolute atomic E-state index is 13.8. The Kier molecular flexibility index (Phi) is 7.57. The first kappa shape index (κ1) is 25.0. The highest BCUT2D eigenvalue weighted by molar-refractivity contribution is 7.99. The van der Waals surface area contributed by atoms with E-state index in [2.05, 4.69) is 41.9 Å². The molecule has 0 saturated carbocycles. The quantitative estimate of drug-likeness (QED) is 0.575. The number of nitrogens with one attached hydrogen (secondary N) is 3. The predicted molar refractivity (Wildman–Crippen MR) is 135 cm³/mol. The van der Waals surface area contributed by atoms with Crippen LogP contribution in [0.1, 0.15) is 70.0 Å². The van der Waals surface area contributed by atoms with E-state index in [9.17, 15) is 14.4 Å². The minimum atomic E-state index is -0.605. The number of carbonyl (C=O) groups excluding carboxylic acids is 3. The van der Waals surface area contributed by atoms with Gasteiger partial charge in [-0.25, -0.2) is 0 Å². The molecule has 7 nitrogen and oxygen atoms in total. The fourth-order valence-electron chi connectivity index (χ4n) is 5.80. The molecule has 1 aromatic rings. The first-order valence-corrected chi connectivity index (χ1v) is 13.6. The van der Waals surface area contributed by atoms with Crippen LogP contribution in [0.15, 0.2) is 24.3 Å². The number of thioether (sulfide) groups is 1. The van der Waals surface area contributed by atoms with Crippen LogP contribution in [-0.4, -0.2) is 58.9 Å². The lowest BCUT2D eigenvalue weighted by Crippen LogP contribution is -2.58. The Morgan fingerprint density at radius 1 is 1.18 bits per heavy atom. The number of likely N-dealkylation sites (N-methyl/N-ethyl adjacent to an activating group) is 1. The Balaban J connectivity index is 1.55. The molecular weight excluding hydrogens is 448 g/mol. The number of aryl methyl sites for hydroxylation is 1. The van der Waals surface area contributed by atoms with Crippen molar-refractivity contribution in [2.24, 2.45) is 5.41 Å². The molecule has 8 heteroatoms. The molecule has 34 heavy (non-hydrogen) atoms. The van der Waals surface area contributed by atoms with E-state index < -0.39 is 12.1 Å². The minimum Gasteiger partial charge on any atom is -0.347 e. The van der Waals surface area contributed by atoms with Gasteiger partial charge in [0.2, 0.25) is 17.7 Å². The van der Waals surface area contributed by atoms with Crippen LogP contribution in [0.5, 0.6) is 0 Å². The lowest BCUT2D eigenvalue weighted by molar-refractivity contribution is -0.144. The highest BCUT2D eigenvalue weighted by Crippen LogP contribution is 2.46. The molecule has 3 N–H and O–H groups in total. The fourth-order valence-corrected chi connectivity index (χ4v) is 7.38. The van der Waals surface area contributed by atoms with Gasteiger partial charge in [0.25, 0.3) is 0 Å². The zero-order valence-electron chi connectivity index (χ0n) is 20.7. The van der Waals surface area contributed by atoms with Crippen LogP contribution in [-0.2, 0) is 20.8 Å². The Hall–Kier alpha value is -2.06. The number of amides is 3. The van der Waals surface area contributed by atoms with Gasteiger partial charge in [-0.05, 0) is 67.9 Å². The lowest BCUT2D eigenvalue weighted by atomic mass is 9.83. The van der Waals surface area contributed by atoms with Crippen LogP contribution in [0.2, 0.25) is 0 Å². The van der Waals surface area contributed by atoms with Crippen LogP contribution >= 0.6 is 11.8 Å². The maximum Gasteiger partial charge on any atom is 0.246 e. The molecule has 4 rings (SSSR count). The van der Waals surface area contributed by atoms with E-state index in [1.165, 1.54) is 11.1 Å². The van der Waals surface area contributed by atoms with Crippen LogP contribution in [0, 0.1) is 5.41 Å². The van der Waals surface area contributed by atoms with E-state index in [4.69, 9.17) is 0 Å². The molecule has 1 aliphatic carbocycles. The summed E-state index contributed by atoms with van der Waals surface area (Å²) >= 11 is 1.73. The first-order valence-electron chi connectivity index (χ1n) is 12.6. The molecule has 5 atom stereocenters. The van der Waals surface area contributed by atoms with E-state index in [0.29, 0.717) is 12.8 Å². The standard InChI is InChI=1S/C26H38N4O3S/c1-5-18(27-4)23(31)29-20-13-14-34-21-15-26(2,3)22(30(21)25(20)33)24(32)28-19-12-8-10-16-9-6-7-11-17(16)19/h6-7,9,11,18-22,27H,5,8,10,12-15H2,1-4H3,(H,28,32)(H,29,31)/t18-,19?,20-,21?,22+/m0/s1. The number of benzene rings is 1. The van der Waals surface area contributed by atoms with Crippen LogP contribution in [0.25, 0.3) is 0 Å². The Bertz CT molecular complexity index is 932. The smallest absolute Gasteiger partial charge is 0.246 e. The number of carbonyl (C=O) groups is 3. The van der Waals surface area contributed by atoms with Gasteiger partial charge in [-0.1, -0.05) is 45.0 Å². The zero-order valence-corrected chi connectivity index (χ0v) is 21.5. The highest BCUT2D eigenvalue weighted by Gasteiger charge is 2.54. The molecule has 2 aliphatic heterocycles. The van der Waals surface area contributed by atoms with E-state index in [1.807, 2.05) is 19.1 Å². The van der Waals surface area contributed by atoms with Crippen LogP contribution in [0.3, 0.4) is 0 Å². The third kappa shape index (κ3) is 4.85. The Morgan fingerprint density at radius 2 is 1.94 bits per heavy atom. The summed E-state index contributed by atoms with van der Waals surface area (Å²) in [6.45, 7) is 6.10. The molecule has 2 fully saturated rings. The summed E-state index contributed by atoms with van der Waals surface area (Å²) in [6.07, 6.45) is 4.96. The number of fused-ring (bicyclic) bond motifs is 2. The average molecular weight is 487 g/mol. The fraction of sp³-hybridized carbons (Fsp3) is 0.654. The van der Waals surface area contributed by atoms with Crippen LogP contribution < -0.4 is 16.0 Å². The topological polar surface area (TPSA) is 90.5 Å². The Morgan fingerprint density at radius 3 is 2.68 bits per heavy atom. The summed E-state index contributed by atoms with van der Waals surface area (Å²) in [7, 11) is 1.75. The monoisotopic (exact) mass is 486 g/mol. The lowest BCUT2D eigenvalue weighted by Gasteiger charge is -2.36. The summed E-state index contributed by atoms with van der Waals surface area (Å²) in [5, 5.41) is 9.22. The molecule has 186 valence electrons. The van der Waals surface area contributed by atoms with Crippen molar-refractivity contribution in [2.45, 2.75) is 88.8 Å². The molecular formula is C26H38N4O3S. The zero-order chi connectivity index (χ0) is 24.5. The summed E-state index contributed by atoms with van der Waals surface area (Å²) in [5.74, 6) is 0.389. The average Bonchev–Trinajstić information content (AvgIpc) is 3.00. The van der Waals surface area contributed by atoms with Gasteiger partial charge in [0.15, 0.2) is 0 Å². The van der Waals surface area contributed by atoms with Crippen molar-refractivity contribution in [1.82, 2.24) is 20.9 Å². The maximum atomic E-state index is 13.8. The molecule has 0 radical (unpaired) electrons. The normalized spacial score (nSPS) is 28.9. The summed E-state index contributed by atoms with van der Waals surface area (Å²) in [6, 6.07) is 6.79. The van der Waals surface area contributed by atoms with Gasteiger partial charge in [0.05, 0.1) is 17.5 Å². The van der Waals surface area contributed by atoms with Crippen molar-refractivity contribution in [2.75, 3.05) is 12.8 Å². The number of rotatable bonds is 6. The van der Waals surface area contributed by atoms with Gasteiger partial charge in [-0.3, -0.25) is 14.4 Å². The highest BCUT2D eigenvalue weighted by atomic mass is 32.2. The van der Waals surface area contributed by atoms with Gasteiger partial charge in [-0.15, -0.1) is 11.8 Å². The van der Waals surface area contributed by atoms with Crippen molar-refractivity contribution >= 4 is 29.5 Å². The molecule has 1 aromatic carbocycles. The largest absolute Gasteiger partial charge is 0.347 e. The van der Waals surface area contributed by atoms with Gasteiger partial charge < -0.3 is 20.9 Å². The molecule has 3 aliphatic rings. The van der Waals surface area contributed by atoms with Crippen molar-refractivity contribution < 1.29 is 14.4 Å². The van der Waals surface area contributed by atoms with Gasteiger partial charge >= 0.3 is 0 Å². The molecule has 0 bridgehead atoms. The molecule has 0 aromatic heterocycles. The van der Waals surface area contributed by atoms with E-state index in [0.717, 1.165) is 31.4 Å². The SMILES string of the molecule is CC[C@H](NC)C(=O)N[C@H]1CCSC2CC(C)(C)[C@@H](C(=O)NC3CCCc4ccccc43)N2C1=O. The van der Waals surface area contributed by atoms with Crippen LogP contribution in [0.4, 0.5) is 0 Å². The molecule has 3 amide bonds. The van der Waals surface area contributed by atoms with E-state index in [-0.39, 0.29) is 40.6 Å². The second kappa shape index (κ2) is 10.3. The van der Waals surface area contributed by atoms with Gasteiger partial charge in [-0.2, -0.15) is 0 Å². The van der Waals surface area contributed by atoms with Crippen molar-refractivity contribution in [3.05, 3.63) is 35.4 Å². The van der Waals surface area contributed by atoms with E-state index in [1.54, 1.807) is 23.7 Å². The van der Waals surface area contributed by atoms with Crippen molar-refractivity contribution in [1.29, 1.82) is 0 Å². The molecule has 2 saturated heterocycles. The number of nitrogens with zero attached hydrogens (tertiary/aromatic N) is 1. The van der Waals surface area contributed by atoms with Crippen molar-refractivity contribution in [3.8, 4) is 0 Å². The molecule has 0 spiro atoms. The molecule has 2 heterocycles. The number of hydrogen-bond donors (Lipinski definition) is 3. The second-order valence-electron chi connectivity index (χ2n) is 10.4. The summed E-state index contributed by atoms with van der Waals surface area (Å²) in [4.78, 5) is 42.0. The Labute approximate surface area is 207 Å². The third-order valence-corrected chi connectivity index (χ3v) is 8.87. The number of hydrogen-bond acceptors (Lipinski definition) is 5.